The Hall–Kier alpha value is -0.160. The first kappa shape index (κ1) is 15.2. The van der Waals surface area contributed by atoms with E-state index in [4.69, 9.17) is 4.74 Å². The number of ether oxygens (including phenoxy) is 1. The van der Waals surface area contributed by atoms with Crippen LogP contribution < -0.4 is 5.32 Å². The van der Waals surface area contributed by atoms with Crippen molar-refractivity contribution in [2.45, 2.75) is 58.3 Å². The molecule has 2 N–H and O–H groups in total. The number of nitrogens with one attached hydrogen (secondary N) is 1. The highest BCUT2D eigenvalue weighted by molar-refractivity contribution is 4.88. The third kappa shape index (κ3) is 4.71. The number of nitrogens with zero attached hydrogens (tertiary/aromatic N) is 1. The number of aliphatic hydroxyl groups is 1. The van der Waals surface area contributed by atoms with Crippen molar-refractivity contribution in [1.82, 2.24) is 10.2 Å². The highest BCUT2D eigenvalue weighted by atomic mass is 16.5. The molecular weight excluding hydrogens is 240 g/mol. The van der Waals surface area contributed by atoms with Crippen LogP contribution in [0.2, 0.25) is 0 Å². The minimum Gasteiger partial charge on any atom is -0.394 e. The molecule has 1 aliphatic heterocycles. The van der Waals surface area contributed by atoms with Crippen molar-refractivity contribution in [2.75, 3.05) is 32.8 Å². The summed E-state index contributed by atoms with van der Waals surface area (Å²) in [5, 5.41) is 13.0. The van der Waals surface area contributed by atoms with Gasteiger partial charge in [-0.05, 0) is 31.6 Å². The fourth-order valence-electron chi connectivity index (χ4n) is 2.88. The molecule has 3 unspecified atom stereocenters. The Balaban J connectivity index is 1.84. The second kappa shape index (κ2) is 6.53. The van der Waals surface area contributed by atoms with Gasteiger partial charge in [-0.3, -0.25) is 4.90 Å². The average molecular weight is 270 g/mol. The molecule has 1 aliphatic carbocycles. The molecule has 1 saturated heterocycles. The lowest BCUT2D eigenvalue weighted by molar-refractivity contribution is -0.102. The number of hydrogen-bond donors (Lipinski definition) is 2. The molecule has 4 nitrogen and oxygen atoms in total. The summed E-state index contributed by atoms with van der Waals surface area (Å²) in [7, 11) is 0. The summed E-state index contributed by atoms with van der Waals surface area (Å²) >= 11 is 0. The first-order valence-electron chi connectivity index (χ1n) is 7.76. The molecule has 1 saturated carbocycles. The van der Waals surface area contributed by atoms with Gasteiger partial charge in [-0.1, -0.05) is 13.8 Å². The minimum atomic E-state index is -0.0127. The van der Waals surface area contributed by atoms with E-state index in [9.17, 15) is 5.11 Å². The van der Waals surface area contributed by atoms with Crippen molar-refractivity contribution in [1.29, 1.82) is 0 Å². The third-order valence-corrected chi connectivity index (χ3v) is 4.46. The fraction of sp³-hybridized carbons (Fsp3) is 1.00. The Bertz CT molecular complexity index is 283. The van der Waals surface area contributed by atoms with E-state index in [-0.39, 0.29) is 18.8 Å². The standard InChI is InChI=1S/C15H30N2O2/c1-4-15(3,10-16-13-5-6-13)11-17-7-12(2)19-14(8-17)9-18/h12-14,16,18H,4-11H2,1-3H3. The summed E-state index contributed by atoms with van der Waals surface area (Å²) in [6.07, 6.45) is 4.09. The number of morpholine rings is 1. The van der Waals surface area contributed by atoms with Crippen LogP contribution in [0.3, 0.4) is 0 Å². The predicted molar refractivity (Wildman–Crippen MR) is 77.3 cm³/mol. The van der Waals surface area contributed by atoms with Crippen molar-refractivity contribution in [3.8, 4) is 0 Å². The summed E-state index contributed by atoms with van der Waals surface area (Å²) in [5.41, 5.74) is 0.319. The van der Waals surface area contributed by atoms with Gasteiger partial charge in [-0.2, -0.15) is 0 Å². The maximum Gasteiger partial charge on any atom is 0.0936 e. The molecule has 0 aromatic rings. The molecule has 2 aliphatic rings. The lowest BCUT2D eigenvalue weighted by Gasteiger charge is -2.41. The SMILES string of the molecule is CCC(C)(CNC1CC1)CN1CC(C)OC(CO)C1. The summed E-state index contributed by atoms with van der Waals surface area (Å²) in [4.78, 5) is 2.47. The predicted octanol–water partition coefficient (Wildman–Crippen LogP) is 1.24. The zero-order valence-electron chi connectivity index (χ0n) is 12.7. The zero-order chi connectivity index (χ0) is 13.9. The van der Waals surface area contributed by atoms with E-state index in [1.165, 1.54) is 19.3 Å². The second-order valence-corrected chi connectivity index (χ2v) is 6.76. The monoisotopic (exact) mass is 270 g/mol. The lowest BCUT2D eigenvalue weighted by Crippen LogP contribution is -2.52. The fourth-order valence-corrected chi connectivity index (χ4v) is 2.88. The van der Waals surface area contributed by atoms with Gasteiger partial charge < -0.3 is 15.2 Å². The van der Waals surface area contributed by atoms with E-state index in [2.05, 4.69) is 31.0 Å². The van der Waals surface area contributed by atoms with Crippen LogP contribution in [-0.4, -0.2) is 61.0 Å². The second-order valence-electron chi connectivity index (χ2n) is 6.76. The van der Waals surface area contributed by atoms with E-state index < -0.39 is 0 Å². The van der Waals surface area contributed by atoms with Crippen molar-refractivity contribution < 1.29 is 9.84 Å². The molecule has 0 spiro atoms. The molecular formula is C15H30N2O2. The maximum absolute atomic E-state index is 9.30. The van der Waals surface area contributed by atoms with Crippen LogP contribution in [0.1, 0.15) is 40.0 Å². The Morgan fingerprint density at radius 1 is 1.37 bits per heavy atom. The van der Waals surface area contributed by atoms with Crippen LogP contribution in [0.25, 0.3) is 0 Å². The largest absolute Gasteiger partial charge is 0.394 e. The quantitative estimate of drug-likeness (QED) is 0.730. The normalized spacial score (nSPS) is 32.2. The minimum absolute atomic E-state index is 0.0127. The van der Waals surface area contributed by atoms with Crippen LogP contribution in [0.15, 0.2) is 0 Å². The first-order valence-corrected chi connectivity index (χ1v) is 7.76. The van der Waals surface area contributed by atoms with Gasteiger partial charge in [0.15, 0.2) is 0 Å². The Labute approximate surface area is 117 Å². The van der Waals surface area contributed by atoms with Gasteiger partial charge in [0.1, 0.15) is 0 Å². The molecule has 2 fully saturated rings. The summed E-state index contributed by atoms with van der Waals surface area (Å²) in [5.74, 6) is 0. The summed E-state index contributed by atoms with van der Waals surface area (Å²) < 4.78 is 5.71. The molecule has 0 radical (unpaired) electrons. The van der Waals surface area contributed by atoms with Gasteiger partial charge in [-0.15, -0.1) is 0 Å². The highest BCUT2D eigenvalue weighted by Gasteiger charge is 2.32. The van der Waals surface area contributed by atoms with E-state index in [1.807, 2.05) is 0 Å². The first-order chi connectivity index (χ1) is 9.04. The van der Waals surface area contributed by atoms with E-state index >= 15 is 0 Å². The van der Waals surface area contributed by atoms with Crippen molar-refractivity contribution in [3.63, 3.8) is 0 Å². The summed E-state index contributed by atoms with van der Waals surface area (Å²) in [6.45, 7) is 10.9. The van der Waals surface area contributed by atoms with E-state index in [1.54, 1.807) is 0 Å². The Morgan fingerprint density at radius 3 is 2.68 bits per heavy atom. The van der Waals surface area contributed by atoms with Gasteiger partial charge in [0, 0.05) is 32.2 Å². The van der Waals surface area contributed by atoms with Crippen LogP contribution in [0, 0.1) is 5.41 Å². The number of hydrogen-bond acceptors (Lipinski definition) is 4. The summed E-state index contributed by atoms with van der Waals surface area (Å²) in [6, 6.07) is 0.777. The molecule has 0 aromatic carbocycles. The Kier molecular flexibility index (Phi) is 5.23. The molecule has 3 atom stereocenters. The molecule has 0 aromatic heterocycles. The smallest absolute Gasteiger partial charge is 0.0936 e. The average Bonchev–Trinajstić information content (AvgIpc) is 3.19. The molecule has 19 heavy (non-hydrogen) atoms. The van der Waals surface area contributed by atoms with E-state index in [0.29, 0.717) is 5.41 Å². The zero-order valence-corrected chi connectivity index (χ0v) is 12.7. The lowest BCUT2D eigenvalue weighted by atomic mass is 9.86. The van der Waals surface area contributed by atoms with Gasteiger partial charge >= 0.3 is 0 Å². The molecule has 0 amide bonds. The number of aliphatic hydroxyl groups excluding tert-OH is 1. The van der Waals surface area contributed by atoms with Crippen LogP contribution >= 0.6 is 0 Å². The van der Waals surface area contributed by atoms with Gasteiger partial charge in [0.05, 0.1) is 18.8 Å². The van der Waals surface area contributed by atoms with Gasteiger partial charge in [-0.25, -0.2) is 0 Å². The number of rotatable bonds is 7. The van der Waals surface area contributed by atoms with Crippen LogP contribution in [-0.2, 0) is 4.74 Å². The molecule has 2 rings (SSSR count). The van der Waals surface area contributed by atoms with Gasteiger partial charge in [0.25, 0.3) is 0 Å². The molecule has 0 bridgehead atoms. The van der Waals surface area contributed by atoms with Crippen molar-refractivity contribution in [3.05, 3.63) is 0 Å². The van der Waals surface area contributed by atoms with Crippen molar-refractivity contribution >= 4 is 0 Å². The topological polar surface area (TPSA) is 44.7 Å². The molecule has 1 heterocycles. The Morgan fingerprint density at radius 2 is 2.11 bits per heavy atom. The van der Waals surface area contributed by atoms with Gasteiger partial charge in [0.2, 0.25) is 0 Å². The molecule has 4 heteroatoms. The van der Waals surface area contributed by atoms with Crippen LogP contribution in [0.5, 0.6) is 0 Å². The van der Waals surface area contributed by atoms with Crippen molar-refractivity contribution in [2.24, 2.45) is 5.41 Å². The molecule has 112 valence electrons. The third-order valence-electron chi connectivity index (χ3n) is 4.46. The maximum atomic E-state index is 9.30. The highest BCUT2D eigenvalue weighted by Crippen LogP contribution is 2.26. The van der Waals surface area contributed by atoms with E-state index in [0.717, 1.165) is 32.2 Å². The van der Waals surface area contributed by atoms with Crippen LogP contribution in [0.4, 0.5) is 0 Å².